The molecule has 2 heterocycles. The summed E-state index contributed by atoms with van der Waals surface area (Å²) in [7, 11) is 0. The van der Waals surface area contributed by atoms with Crippen molar-refractivity contribution in [3.63, 3.8) is 0 Å². The Morgan fingerprint density at radius 1 is 1.04 bits per heavy atom. The number of hydrogen-bond donors (Lipinski definition) is 1. The highest BCUT2D eigenvalue weighted by atomic mass is 35.5. The number of likely N-dealkylation sites (tertiary alicyclic amines) is 1. The quantitative estimate of drug-likeness (QED) is 0.887. The van der Waals surface area contributed by atoms with Gasteiger partial charge in [-0.15, -0.1) is 0 Å². The van der Waals surface area contributed by atoms with Crippen LogP contribution in [0.5, 0.6) is 0 Å². The molecule has 2 aromatic carbocycles. The molecule has 132 valence electrons. The van der Waals surface area contributed by atoms with Gasteiger partial charge in [0.2, 0.25) is 0 Å². The molecule has 4 rings (SSSR count). The van der Waals surface area contributed by atoms with Crippen molar-refractivity contribution in [3.8, 4) is 0 Å². The molecule has 1 spiro atoms. The highest BCUT2D eigenvalue weighted by molar-refractivity contribution is 6.46. The van der Waals surface area contributed by atoms with E-state index in [1.165, 1.54) is 0 Å². The lowest BCUT2D eigenvalue weighted by Crippen LogP contribution is -2.52. The number of piperidine rings is 1. The fraction of sp³-hybridized carbons (Fsp3) is 0.250. The van der Waals surface area contributed by atoms with Crippen LogP contribution in [0.15, 0.2) is 59.6 Å². The Bertz CT molecular complexity index is 870. The number of rotatable bonds is 2. The Morgan fingerprint density at radius 2 is 1.69 bits per heavy atom. The first-order valence-corrected chi connectivity index (χ1v) is 8.97. The second kappa shape index (κ2) is 6.57. The smallest absolute Gasteiger partial charge is 0.272 e. The molecule has 5 nitrogen and oxygen atoms in total. The molecule has 1 saturated heterocycles. The Labute approximate surface area is 156 Å². The van der Waals surface area contributed by atoms with Crippen LogP contribution in [0, 0.1) is 0 Å². The van der Waals surface area contributed by atoms with Gasteiger partial charge in [0.1, 0.15) is 11.4 Å². The van der Waals surface area contributed by atoms with Crippen molar-refractivity contribution in [3.05, 3.63) is 70.7 Å². The molecule has 1 N–H and O–H groups in total. The standard InChI is InChI=1S/C20H18ClN3O2/c21-16-8-6-15(7-9-16)19(26)24-12-10-20(11-13-24)22-17(18(25)23-20)14-4-2-1-3-5-14/h1-9H,10-13H2,(H,23,25). The number of aliphatic imine (C=N–C) groups is 1. The molecule has 0 atom stereocenters. The van der Waals surface area contributed by atoms with Crippen molar-refractivity contribution >= 4 is 29.1 Å². The van der Waals surface area contributed by atoms with E-state index < -0.39 is 5.66 Å². The van der Waals surface area contributed by atoms with Crippen LogP contribution in [-0.4, -0.2) is 41.2 Å². The Hall–Kier alpha value is -2.66. The Morgan fingerprint density at radius 3 is 2.35 bits per heavy atom. The topological polar surface area (TPSA) is 61.8 Å². The van der Waals surface area contributed by atoms with E-state index in [1.54, 1.807) is 29.2 Å². The fourth-order valence-corrected chi connectivity index (χ4v) is 3.57. The van der Waals surface area contributed by atoms with Gasteiger partial charge in [0.25, 0.3) is 11.8 Å². The van der Waals surface area contributed by atoms with E-state index in [1.807, 2.05) is 30.3 Å². The van der Waals surface area contributed by atoms with Crippen molar-refractivity contribution in [1.29, 1.82) is 0 Å². The lowest BCUT2D eigenvalue weighted by molar-refractivity contribution is -0.115. The normalized spacial score (nSPS) is 18.6. The molecule has 0 saturated carbocycles. The zero-order chi connectivity index (χ0) is 18.1. The van der Waals surface area contributed by atoms with Crippen LogP contribution in [0.25, 0.3) is 0 Å². The summed E-state index contributed by atoms with van der Waals surface area (Å²) in [5.74, 6) is -0.165. The first-order chi connectivity index (χ1) is 12.6. The monoisotopic (exact) mass is 367 g/mol. The molecule has 0 bridgehead atoms. The minimum atomic E-state index is -0.598. The lowest BCUT2D eigenvalue weighted by Gasteiger charge is -2.37. The van der Waals surface area contributed by atoms with E-state index in [2.05, 4.69) is 5.32 Å². The number of nitrogens with one attached hydrogen (secondary N) is 1. The maximum absolute atomic E-state index is 12.6. The molecule has 0 aliphatic carbocycles. The van der Waals surface area contributed by atoms with E-state index in [4.69, 9.17) is 16.6 Å². The van der Waals surface area contributed by atoms with Gasteiger partial charge in [-0.3, -0.25) is 14.6 Å². The second-order valence-corrected chi connectivity index (χ2v) is 7.05. The van der Waals surface area contributed by atoms with Gasteiger partial charge in [0, 0.05) is 42.1 Å². The summed E-state index contributed by atoms with van der Waals surface area (Å²) in [5, 5.41) is 3.63. The molecule has 26 heavy (non-hydrogen) atoms. The first-order valence-electron chi connectivity index (χ1n) is 8.59. The number of carbonyl (C=O) groups is 2. The fourth-order valence-electron chi connectivity index (χ4n) is 3.45. The molecule has 0 radical (unpaired) electrons. The number of halogens is 1. The average Bonchev–Trinajstić information content (AvgIpc) is 2.99. The van der Waals surface area contributed by atoms with Crippen LogP contribution in [0.1, 0.15) is 28.8 Å². The zero-order valence-corrected chi connectivity index (χ0v) is 14.9. The summed E-state index contributed by atoms with van der Waals surface area (Å²) in [5.41, 5.74) is 1.32. The average molecular weight is 368 g/mol. The number of nitrogens with zero attached hydrogens (tertiary/aromatic N) is 2. The van der Waals surface area contributed by atoms with Crippen LogP contribution in [0.3, 0.4) is 0 Å². The van der Waals surface area contributed by atoms with Gasteiger partial charge < -0.3 is 10.2 Å². The van der Waals surface area contributed by atoms with E-state index >= 15 is 0 Å². The predicted octanol–water partition coefficient (Wildman–Crippen LogP) is 2.89. The Kier molecular flexibility index (Phi) is 4.24. The molecule has 2 amide bonds. The minimum Gasteiger partial charge on any atom is -0.338 e. The highest BCUT2D eigenvalue weighted by Gasteiger charge is 2.42. The molecule has 2 aromatic rings. The lowest BCUT2D eigenvalue weighted by atomic mass is 9.97. The van der Waals surface area contributed by atoms with Crippen molar-refractivity contribution in [2.24, 2.45) is 4.99 Å². The summed E-state index contributed by atoms with van der Waals surface area (Å²) in [6.07, 6.45) is 1.21. The minimum absolute atomic E-state index is 0.0203. The van der Waals surface area contributed by atoms with E-state index in [9.17, 15) is 9.59 Å². The van der Waals surface area contributed by atoms with Crippen LogP contribution in [-0.2, 0) is 4.79 Å². The largest absolute Gasteiger partial charge is 0.338 e. The van der Waals surface area contributed by atoms with Crippen molar-refractivity contribution in [2.75, 3.05) is 13.1 Å². The van der Waals surface area contributed by atoms with E-state index in [0.29, 0.717) is 42.2 Å². The van der Waals surface area contributed by atoms with Gasteiger partial charge in [-0.1, -0.05) is 41.9 Å². The third-order valence-corrected chi connectivity index (χ3v) is 5.16. The van der Waals surface area contributed by atoms with Crippen molar-refractivity contribution in [2.45, 2.75) is 18.5 Å². The van der Waals surface area contributed by atoms with Gasteiger partial charge in [-0.2, -0.15) is 0 Å². The van der Waals surface area contributed by atoms with Gasteiger partial charge >= 0.3 is 0 Å². The summed E-state index contributed by atoms with van der Waals surface area (Å²) < 4.78 is 0. The van der Waals surface area contributed by atoms with Gasteiger partial charge in [0.15, 0.2) is 0 Å². The highest BCUT2D eigenvalue weighted by Crippen LogP contribution is 2.29. The van der Waals surface area contributed by atoms with Crippen molar-refractivity contribution < 1.29 is 9.59 Å². The Balaban J connectivity index is 1.48. The van der Waals surface area contributed by atoms with E-state index in [0.717, 1.165) is 5.56 Å². The number of benzene rings is 2. The maximum Gasteiger partial charge on any atom is 0.272 e. The van der Waals surface area contributed by atoms with Crippen LogP contribution < -0.4 is 5.32 Å². The molecule has 0 aromatic heterocycles. The molecule has 2 aliphatic heterocycles. The molecular formula is C20H18ClN3O2. The molecule has 0 unspecified atom stereocenters. The summed E-state index contributed by atoms with van der Waals surface area (Å²) in [6, 6.07) is 16.4. The SMILES string of the molecule is O=C1NC2(CCN(C(=O)c3ccc(Cl)cc3)CC2)N=C1c1ccccc1. The van der Waals surface area contributed by atoms with Crippen LogP contribution in [0.4, 0.5) is 0 Å². The summed E-state index contributed by atoms with van der Waals surface area (Å²) in [6.45, 7) is 1.10. The van der Waals surface area contributed by atoms with E-state index in [-0.39, 0.29) is 11.8 Å². The van der Waals surface area contributed by atoms with Gasteiger partial charge in [-0.25, -0.2) is 0 Å². The second-order valence-electron chi connectivity index (χ2n) is 6.61. The third-order valence-electron chi connectivity index (χ3n) is 4.90. The van der Waals surface area contributed by atoms with Crippen molar-refractivity contribution in [1.82, 2.24) is 10.2 Å². The van der Waals surface area contributed by atoms with Crippen LogP contribution >= 0.6 is 11.6 Å². The number of carbonyl (C=O) groups excluding carboxylic acids is 2. The first kappa shape index (κ1) is 16.8. The number of amides is 2. The summed E-state index contributed by atoms with van der Waals surface area (Å²) in [4.78, 5) is 31.5. The zero-order valence-electron chi connectivity index (χ0n) is 14.1. The maximum atomic E-state index is 12.6. The molecule has 2 aliphatic rings. The predicted molar refractivity (Wildman–Crippen MR) is 100 cm³/mol. The molecule has 1 fully saturated rings. The third kappa shape index (κ3) is 3.10. The van der Waals surface area contributed by atoms with Gasteiger partial charge in [0.05, 0.1) is 0 Å². The van der Waals surface area contributed by atoms with Crippen LogP contribution in [0.2, 0.25) is 5.02 Å². The molecular weight excluding hydrogens is 350 g/mol. The van der Waals surface area contributed by atoms with Gasteiger partial charge in [-0.05, 0) is 24.3 Å². The molecule has 6 heteroatoms. The summed E-state index contributed by atoms with van der Waals surface area (Å²) >= 11 is 5.88. The number of hydrogen-bond acceptors (Lipinski definition) is 3.